The van der Waals surface area contributed by atoms with Crippen LogP contribution in [-0.4, -0.2) is 55.4 Å². The third kappa shape index (κ3) is 3.83. The van der Waals surface area contributed by atoms with Crippen LogP contribution in [0.2, 0.25) is 0 Å². The Hall–Kier alpha value is -3.71. The topological polar surface area (TPSA) is 72.4 Å². The van der Waals surface area contributed by atoms with Crippen LogP contribution in [0.5, 0.6) is 11.5 Å². The van der Waals surface area contributed by atoms with Crippen LogP contribution in [0.25, 0.3) is 33.3 Å². The van der Waals surface area contributed by atoms with Crippen molar-refractivity contribution in [1.82, 2.24) is 20.3 Å². The van der Waals surface area contributed by atoms with Crippen molar-refractivity contribution in [3.8, 4) is 33.9 Å². The van der Waals surface area contributed by atoms with Gasteiger partial charge in [0.05, 0.1) is 25.4 Å². The lowest BCUT2D eigenvalue weighted by atomic mass is 10.0. The zero-order chi connectivity index (χ0) is 21.9. The van der Waals surface area contributed by atoms with Crippen molar-refractivity contribution in [1.29, 1.82) is 0 Å². The fourth-order valence-corrected chi connectivity index (χ4v) is 4.09. The Labute approximate surface area is 187 Å². The molecule has 4 aromatic rings. The summed E-state index contributed by atoms with van der Waals surface area (Å²) in [6, 6.07) is 16.3. The van der Waals surface area contributed by atoms with Gasteiger partial charge in [0.25, 0.3) is 0 Å². The quantitative estimate of drug-likeness (QED) is 0.520. The zero-order valence-electron chi connectivity index (χ0n) is 18.2. The molecule has 0 spiro atoms. The van der Waals surface area contributed by atoms with Gasteiger partial charge in [-0.1, -0.05) is 12.1 Å². The number of fused-ring (bicyclic) bond motifs is 1. The molecule has 2 aromatic carbocycles. The molecule has 3 heterocycles. The second kappa shape index (κ2) is 8.80. The molecule has 1 saturated heterocycles. The Bertz CT molecular complexity index is 1240. The van der Waals surface area contributed by atoms with Gasteiger partial charge in [-0.05, 0) is 47.5 Å². The smallest absolute Gasteiger partial charge is 0.161 e. The molecule has 1 aliphatic rings. The monoisotopic (exact) mass is 427 g/mol. The first-order valence-corrected chi connectivity index (χ1v) is 10.7. The van der Waals surface area contributed by atoms with E-state index in [0.29, 0.717) is 11.5 Å². The van der Waals surface area contributed by atoms with Crippen LogP contribution in [0.3, 0.4) is 0 Å². The number of aromatic nitrogens is 3. The van der Waals surface area contributed by atoms with Crippen molar-refractivity contribution in [2.24, 2.45) is 0 Å². The summed E-state index contributed by atoms with van der Waals surface area (Å²) in [5.41, 5.74) is 4.83. The standard InChI is InChI=1S/C25H25N5O2/c1-31-22-7-4-18(14-23(22)32-2)17-3-6-21-20(13-17)25(29-16-28-21)19-5-8-24(27-15-19)30-11-9-26-10-12-30/h3-8,13-16,26H,9-12H2,1-2H3. The summed E-state index contributed by atoms with van der Waals surface area (Å²) < 4.78 is 10.8. The molecule has 7 heteroatoms. The van der Waals surface area contributed by atoms with Gasteiger partial charge in [0.15, 0.2) is 11.5 Å². The number of hydrogen-bond donors (Lipinski definition) is 1. The summed E-state index contributed by atoms with van der Waals surface area (Å²) in [6.07, 6.45) is 3.51. The summed E-state index contributed by atoms with van der Waals surface area (Å²) in [5.74, 6) is 2.40. The third-order valence-corrected chi connectivity index (χ3v) is 5.81. The number of hydrogen-bond acceptors (Lipinski definition) is 7. The fourth-order valence-electron chi connectivity index (χ4n) is 4.09. The molecule has 0 amide bonds. The van der Waals surface area contributed by atoms with Gasteiger partial charge in [0, 0.05) is 43.3 Å². The van der Waals surface area contributed by atoms with Crippen LogP contribution in [0, 0.1) is 0 Å². The zero-order valence-corrected chi connectivity index (χ0v) is 18.2. The Kier molecular flexibility index (Phi) is 5.56. The van der Waals surface area contributed by atoms with Crippen LogP contribution in [0.4, 0.5) is 5.82 Å². The molecular formula is C25H25N5O2. The number of benzene rings is 2. The highest BCUT2D eigenvalue weighted by Crippen LogP contribution is 2.34. The molecule has 1 fully saturated rings. The van der Waals surface area contributed by atoms with Crippen LogP contribution >= 0.6 is 0 Å². The average Bonchev–Trinajstić information content (AvgIpc) is 2.88. The SMILES string of the molecule is COc1ccc(-c2ccc3ncnc(-c4ccc(N5CCNCC5)nc4)c3c2)cc1OC. The molecule has 0 aliphatic carbocycles. The number of ether oxygens (including phenoxy) is 2. The molecule has 1 aliphatic heterocycles. The first kappa shape index (κ1) is 20.2. The molecular weight excluding hydrogens is 402 g/mol. The molecule has 1 N–H and O–H groups in total. The Morgan fingerprint density at radius 2 is 1.53 bits per heavy atom. The van der Waals surface area contributed by atoms with Crippen molar-refractivity contribution >= 4 is 16.7 Å². The van der Waals surface area contributed by atoms with E-state index in [9.17, 15) is 0 Å². The van der Waals surface area contributed by atoms with Crippen molar-refractivity contribution in [3.63, 3.8) is 0 Å². The highest BCUT2D eigenvalue weighted by Gasteiger charge is 2.14. The van der Waals surface area contributed by atoms with E-state index in [-0.39, 0.29) is 0 Å². The number of piperazine rings is 1. The highest BCUT2D eigenvalue weighted by atomic mass is 16.5. The molecule has 0 unspecified atom stereocenters. The number of pyridine rings is 1. The van der Waals surface area contributed by atoms with Gasteiger partial charge in [0.1, 0.15) is 12.1 Å². The normalized spacial score (nSPS) is 13.9. The van der Waals surface area contributed by atoms with Crippen LogP contribution in [-0.2, 0) is 0 Å². The second-order valence-electron chi connectivity index (χ2n) is 7.67. The minimum absolute atomic E-state index is 0.697. The van der Waals surface area contributed by atoms with Gasteiger partial charge in [-0.3, -0.25) is 0 Å². The third-order valence-electron chi connectivity index (χ3n) is 5.81. The Balaban J connectivity index is 1.53. The van der Waals surface area contributed by atoms with E-state index in [2.05, 4.69) is 44.5 Å². The Morgan fingerprint density at radius 3 is 2.28 bits per heavy atom. The van der Waals surface area contributed by atoms with Crippen LogP contribution in [0.15, 0.2) is 61.1 Å². The molecule has 0 bridgehead atoms. The largest absolute Gasteiger partial charge is 0.493 e. The molecule has 162 valence electrons. The van der Waals surface area contributed by atoms with Crippen LogP contribution in [0.1, 0.15) is 0 Å². The lowest BCUT2D eigenvalue weighted by Gasteiger charge is -2.28. The maximum atomic E-state index is 5.47. The first-order chi connectivity index (χ1) is 15.8. The summed E-state index contributed by atoms with van der Waals surface area (Å²) in [5, 5.41) is 4.36. The van der Waals surface area contributed by atoms with E-state index < -0.39 is 0 Å². The lowest BCUT2D eigenvalue weighted by Crippen LogP contribution is -2.43. The second-order valence-corrected chi connectivity index (χ2v) is 7.67. The van der Waals surface area contributed by atoms with Gasteiger partial charge in [-0.2, -0.15) is 0 Å². The number of nitrogens with zero attached hydrogens (tertiary/aromatic N) is 4. The molecule has 0 radical (unpaired) electrons. The number of anilines is 1. The van der Waals surface area contributed by atoms with Gasteiger partial charge < -0.3 is 19.7 Å². The van der Waals surface area contributed by atoms with E-state index in [0.717, 1.165) is 65.3 Å². The number of nitrogens with one attached hydrogen (secondary N) is 1. The predicted molar refractivity (Wildman–Crippen MR) is 126 cm³/mol. The molecule has 7 nitrogen and oxygen atoms in total. The van der Waals surface area contributed by atoms with Crippen molar-refractivity contribution < 1.29 is 9.47 Å². The predicted octanol–water partition coefficient (Wildman–Crippen LogP) is 3.79. The molecule has 5 rings (SSSR count). The van der Waals surface area contributed by atoms with Crippen molar-refractivity contribution in [2.75, 3.05) is 45.3 Å². The van der Waals surface area contributed by atoms with E-state index in [1.807, 2.05) is 30.5 Å². The molecule has 0 atom stereocenters. The van der Waals surface area contributed by atoms with E-state index in [1.165, 1.54) is 0 Å². The summed E-state index contributed by atoms with van der Waals surface area (Å²) in [4.78, 5) is 16.1. The molecule has 2 aromatic heterocycles. The van der Waals surface area contributed by atoms with E-state index in [4.69, 9.17) is 14.5 Å². The highest BCUT2D eigenvalue weighted by molar-refractivity contribution is 5.95. The number of rotatable bonds is 5. The average molecular weight is 428 g/mol. The van der Waals surface area contributed by atoms with E-state index in [1.54, 1.807) is 20.5 Å². The van der Waals surface area contributed by atoms with Crippen molar-refractivity contribution in [2.45, 2.75) is 0 Å². The van der Waals surface area contributed by atoms with Gasteiger partial charge in [-0.15, -0.1) is 0 Å². The van der Waals surface area contributed by atoms with Gasteiger partial charge in [-0.25, -0.2) is 15.0 Å². The molecule has 32 heavy (non-hydrogen) atoms. The molecule has 0 saturated carbocycles. The van der Waals surface area contributed by atoms with E-state index >= 15 is 0 Å². The number of methoxy groups -OCH3 is 2. The fraction of sp³-hybridized carbons (Fsp3) is 0.240. The maximum absolute atomic E-state index is 5.47. The summed E-state index contributed by atoms with van der Waals surface area (Å²) in [6.45, 7) is 3.91. The Morgan fingerprint density at radius 1 is 0.781 bits per heavy atom. The minimum Gasteiger partial charge on any atom is -0.493 e. The summed E-state index contributed by atoms with van der Waals surface area (Å²) >= 11 is 0. The van der Waals surface area contributed by atoms with Crippen molar-refractivity contribution in [3.05, 3.63) is 61.1 Å². The van der Waals surface area contributed by atoms with Gasteiger partial charge >= 0.3 is 0 Å². The minimum atomic E-state index is 0.697. The lowest BCUT2D eigenvalue weighted by molar-refractivity contribution is 0.355. The van der Waals surface area contributed by atoms with Crippen LogP contribution < -0.4 is 19.7 Å². The van der Waals surface area contributed by atoms with Gasteiger partial charge in [0.2, 0.25) is 0 Å². The first-order valence-electron chi connectivity index (χ1n) is 10.7. The summed E-state index contributed by atoms with van der Waals surface area (Å²) in [7, 11) is 3.28. The maximum Gasteiger partial charge on any atom is 0.161 e.